The van der Waals surface area contributed by atoms with Gasteiger partial charge in [0.1, 0.15) is 0 Å². The zero-order valence-corrected chi connectivity index (χ0v) is 19.6. The van der Waals surface area contributed by atoms with Crippen molar-refractivity contribution in [3.05, 3.63) is 143 Å². The summed E-state index contributed by atoms with van der Waals surface area (Å²) in [7, 11) is 0. The molecule has 0 aliphatic carbocycles. The molecule has 0 saturated heterocycles. The first-order valence-electron chi connectivity index (χ1n) is 11.5. The van der Waals surface area contributed by atoms with Crippen molar-refractivity contribution in [2.45, 2.75) is 11.2 Å². The van der Waals surface area contributed by atoms with E-state index in [0.29, 0.717) is 24.1 Å². The van der Waals surface area contributed by atoms with E-state index in [0.717, 1.165) is 5.75 Å². The number of nitrogens with zero attached hydrogens (tertiary/aromatic N) is 1. The molecule has 0 radical (unpaired) electrons. The predicted molar refractivity (Wildman–Crippen MR) is 138 cm³/mol. The molecule has 0 unspecified atom stereocenters. The van der Waals surface area contributed by atoms with E-state index in [4.69, 9.17) is 0 Å². The van der Waals surface area contributed by atoms with Gasteiger partial charge in [0, 0.05) is 6.54 Å². The summed E-state index contributed by atoms with van der Waals surface area (Å²) in [6, 6.07) is 38.7. The topological polar surface area (TPSA) is 37.4 Å². The Morgan fingerprint density at radius 2 is 0.941 bits per heavy atom. The number of fused-ring (bicyclic) bond motifs is 1. The molecule has 168 valence electrons. The minimum atomic E-state index is -0.397. The lowest BCUT2D eigenvalue weighted by atomic mass is 9.84. The number of thioether (sulfide) groups is 1. The van der Waals surface area contributed by atoms with Gasteiger partial charge in [0.2, 0.25) is 0 Å². The van der Waals surface area contributed by atoms with Crippen molar-refractivity contribution in [3.63, 3.8) is 0 Å². The van der Waals surface area contributed by atoms with Crippen LogP contribution in [0.15, 0.2) is 115 Å². The minimum Gasteiger partial charge on any atom is -0.274 e. The summed E-state index contributed by atoms with van der Waals surface area (Å²) in [5, 5.41) is 0. The third kappa shape index (κ3) is 3.95. The van der Waals surface area contributed by atoms with Gasteiger partial charge in [-0.3, -0.25) is 14.5 Å². The molecule has 1 heterocycles. The lowest BCUT2D eigenvalue weighted by molar-refractivity contribution is 0.0655. The second-order valence-electron chi connectivity index (χ2n) is 8.29. The molecular formula is C30H25NO2S. The SMILES string of the molecule is O=C1c2ccccc2C(=O)N1CCCSC(c1ccccc1)(c1ccccc1)c1ccccc1. The fraction of sp³-hybridized carbons (Fsp3) is 0.133. The summed E-state index contributed by atoms with van der Waals surface area (Å²) in [5.41, 5.74) is 4.63. The molecule has 0 spiro atoms. The van der Waals surface area contributed by atoms with Crippen LogP contribution in [0, 0.1) is 0 Å². The first kappa shape index (κ1) is 22.2. The Kier molecular flexibility index (Phi) is 6.33. The van der Waals surface area contributed by atoms with Crippen molar-refractivity contribution in [2.75, 3.05) is 12.3 Å². The van der Waals surface area contributed by atoms with Crippen molar-refractivity contribution in [1.29, 1.82) is 0 Å². The second-order valence-corrected chi connectivity index (χ2v) is 9.60. The van der Waals surface area contributed by atoms with Crippen molar-refractivity contribution in [1.82, 2.24) is 4.90 Å². The van der Waals surface area contributed by atoms with Crippen LogP contribution in [0.3, 0.4) is 0 Å². The highest BCUT2D eigenvalue weighted by atomic mass is 32.2. The average molecular weight is 464 g/mol. The van der Waals surface area contributed by atoms with E-state index in [9.17, 15) is 9.59 Å². The van der Waals surface area contributed by atoms with E-state index in [-0.39, 0.29) is 11.8 Å². The fourth-order valence-electron chi connectivity index (χ4n) is 4.66. The zero-order chi connectivity index (χ0) is 23.4. The zero-order valence-electron chi connectivity index (χ0n) is 18.8. The van der Waals surface area contributed by atoms with Gasteiger partial charge in [-0.25, -0.2) is 0 Å². The highest BCUT2D eigenvalue weighted by molar-refractivity contribution is 8.00. The predicted octanol–water partition coefficient (Wildman–Crippen LogP) is 6.40. The number of hydrogen-bond donors (Lipinski definition) is 0. The van der Waals surface area contributed by atoms with E-state index in [2.05, 4.69) is 72.8 Å². The summed E-state index contributed by atoms with van der Waals surface area (Å²) < 4.78 is -0.397. The lowest BCUT2D eigenvalue weighted by Gasteiger charge is -2.35. The monoisotopic (exact) mass is 463 g/mol. The van der Waals surface area contributed by atoms with Gasteiger partial charge in [-0.15, -0.1) is 11.8 Å². The number of carbonyl (C=O) groups is 2. The number of imide groups is 1. The van der Waals surface area contributed by atoms with Gasteiger partial charge in [-0.2, -0.15) is 0 Å². The molecule has 4 aromatic rings. The van der Waals surface area contributed by atoms with Gasteiger partial charge in [0.15, 0.2) is 0 Å². The molecule has 0 bridgehead atoms. The Morgan fingerprint density at radius 1 is 0.559 bits per heavy atom. The smallest absolute Gasteiger partial charge is 0.261 e. The van der Waals surface area contributed by atoms with E-state index in [1.54, 1.807) is 24.3 Å². The summed E-state index contributed by atoms with van der Waals surface area (Å²) in [6.45, 7) is 0.411. The van der Waals surface area contributed by atoms with Gasteiger partial charge in [-0.05, 0) is 41.0 Å². The van der Waals surface area contributed by atoms with Crippen molar-refractivity contribution < 1.29 is 9.59 Å². The van der Waals surface area contributed by atoms with Crippen LogP contribution < -0.4 is 0 Å². The Labute approximate surface area is 204 Å². The number of carbonyl (C=O) groups excluding carboxylic acids is 2. The number of hydrogen-bond acceptors (Lipinski definition) is 3. The number of amides is 2. The van der Waals surface area contributed by atoms with Crippen LogP contribution in [0.5, 0.6) is 0 Å². The maximum Gasteiger partial charge on any atom is 0.261 e. The van der Waals surface area contributed by atoms with Crippen LogP contribution in [0.25, 0.3) is 0 Å². The third-order valence-electron chi connectivity index (χ3n) is 6.26. The van der Waals surface area contributed by atoms with Crippen molar-refractivity contribution in [3.8, 4) is 0 Å². The van der Waals surface area contributed by atoms with E-state index < -0.39 is 4.75 Å². The largest absolute Gasteiger partial charge is 0.274 e. The van der Waals surface area contributed by atoms with Crippen LogP contribution in [-0.2, 0) is 4.75 Å². The summed E-state index contributed by atoms with van der Waals surface area (Å²) in [6.07, 6.45) is 0.713. The molecule has 34 heavy (non-hydrogen) atoms. The quantitative estimate of drug-likeness (QED) is 0.172. The molecular weight excluding hydrogens is 438 g/mol. The molecule has 0 fully saturated rings. The maximum absolute atomic E-state index is 12.8. The lowest BCUT2D eigenvalue weighted by Crippen LogP contribution is -2.31. The van der Waals surface area contributed by atoms with E-state index in [1.165, 1.54) is 21.6 Å². The van der Waals surface area contributed by atoms with Gasteiger partial charge in [-0.1, -0.05) is 103 Å². The average Bonchev–Trinajstić information content (AvgIpc) is 3.15. The number of benzene rings is 4. The van der Waals surface area contributed by atoms with E-state index in [1.807, 2.05) is 30.0 Å². The van der Waals surface area contributed by atoms with Crippen LogP contribution in [0.1, 0.15) is 43.8 Å². The number of rotatable bonds is 8. The standard InChI is InChI=1S/C30H25NO2S/c32-28-26-19-10-11-20-27(26)29(33)31(28)21-12-22-34-30(23-13-4-1-5-14-23,24-15-6-2-7-16-24)25-17-8-3-9-18-25/h1-11,13-20H,12,21-22H2. The molecule has 1 aliphatic rings. The molecule has 4 aromatic carbocycles. The Balaban J connectivity index is 1.42. The van der Waals surface area contributed by atoms with Crippen LogP contribution in [0.4, 0.5) is 0 Å². The Bertz CT molecular complexity index is 1160. The van der Waals surface area contributed by atoms with Gasteiger partial charge in [0.25, 0.3) is 11.8 Å². The van der Waals surface area contributed by atoms with Gasteiger partial charge < -0.3 is 0 Å². The molecule has 0 N–H and O–H groups in total. The van der Waals surface area contributed by atoms with Gasteiger partial charge in [0.05, 0.1) is 15.9 Å². The first-order valence-corrected chi connectivity index (χ1v) is 12.5. The molecule has 5 rings (SSSR count). The summed E-state index contributed by atoms with van der Waals surface area (Å²) >= 11 is 1.85. The van der Waals surface area contributed by atoms with Crippen molar-refractivity contribution in [2.24, 2.45) is 0 Å². The molecule has 0 atom stereocenters. The van der Waals surface area contributed by atoms with Gasteiger partial charge >= 0.3 is 0 Å². The fourth-order valence-corrected chi connectivity index (χ4v) is 6.15. The highest BCUT2D eigenvalue weighted by Crippen LogP contribution is 2.48. The third-order valence-corrected chi connectivity index (χ3v) is 7.90. The molecule has 2 amide bonds. The maximum atomic E-state index is 12.8. The molecule has 3 nitrogen and oxygen atoms in total. The van der Waals surface area contributed by atoms with Crippen LogP contribution in [0.2, 0.25) is 0 Å². The van der Waals surface area contributed by atoms with Crippen molar-refractivity contribution >= 4 is 23.6 Å². The molecule has 0 aromatic heterocycles. The molecule has 0 saturated carbocycles. The minimum absolute atomic E-state index is 0.189. The van der Waals surface area contributed by atoms with E-state index >= 15 is 0 Å². The first-order chi connectivity index (χ1) is 16.7. The molecule has 4 heteroatoms. The normalized spacial score (nSPS) is 13.2. The summed E-state index contributed by atoms with van der Waals surface area (Å²) in [5.74, 6) is 0.406. The summed E-state index contributed by atoms with van der Waals surface area (Å²) in [4.78, 5) is 26.9. The van der Waals surface area contributed by atoms with Crippen LogP contribution in [-0.4, -0.2) is 29.0 Å². The van der Waals surface area contributed by atoms with Crippen LogP contribution >= 0.6 is 11.8 Å². The molecule has 1 aliphatic heterocycles. The Hall–Kier alpha value is -3.63. The Morgan fingerprint density at radius 3 is 1.35 bits per heavy atom. The second kappa shape index (κ2) is 9.70. The highest BCUT2D eigenvalue weighted by Gasteiger charge is 2.38.